The van der Waals surface area contributed by atoms with Crippen LogP contribution in [-0.2, 0) is 6.54 Å². The summed E-state index contributed by atoms with van der Waals surface area (Å²) in [7, 11) is 0. The molecule has 1 atom stereocenters. The van der Waals surface area contributed by atoms with E-state index in [0.717, 1.165) is 12.8 Å². The van der Waals surface area contributed by atoms with Gasteiger partial charge in [0.15, 0.2) is 5.69 Å². The zero-order chi connectivity index (χ0) is 17.2. The van der Waals surface area contributed by atoms with Crippen molar-refractivity contribution in [2.24, 2.45) is 0 Å². The number of likely N-dealkylation sites (tertiary alicyclic amines) is 1. The van der Waals surface area contributed by atoms with Gasteiger partial charge in [-0.15, -0.1) is 10.2 Å². The van der Waals surface area contributed by atoms with Gasteiger partial charge in [-0.1, -0.05) is 5.21 Å². The van der Waals surface area contributed by atoms with E-state index in [2.05, 4.69) is 20.5 Å². The van der Waals surface area contributed by atoms with Crippen LogP contribution in [0.25, 0.3) is 5.69 Å². The van der Waals surface area contributed by atoms with Crippen molar-refractivity contribution in [2.75, 3.05) is 6.54 Å². The van der Waals surface area contributed by atoms with Crippen LogP contribution in [0.5, 0.6) is 0 Å². The first kappa shape index (κ1) is 15.4. The summed E-state index contributed by atoms with van der Waals surface area (Å²) in [6, 6.07) is 5.84. The summed E-state index contributed by atoms with van der Waals surface area (Å²) in [6.45, 7) is 1.29. The molecule has 3 aromatic rings. The summed E-state index contributed by atoms with van der Waals surface area (Å²) in [6.07, 6.45) is 6.70. The first-order chi connectivity index (χ1) is 12.2. The van der Waals surface area contributed by atoms with Gasteiger partial charge in [-0.2, -0.15) is 9.90 Å². The number of halogens is 1. The van der Waals surface area contributed by atoms with E-state index in [4.69, 9.17) is 0 Å². The second kappa shape index (κ2) is 6.42. The Bertz CT molecular complexity index is 859. The number of benzene rings is 1. The number of carbonyl (C=O) groups excluding carboxylic acids is 1. The van der Waals surface area contributed by atoms with Crippen molar-refractivity contribution >= 4 is 5.91 Å². The maximum atomic E-state index is 13.0. The molecule has 1 aliphatic rings. The minimum Gasteiger partial charge on any atom is -0.332 e. The van der Waals surface area contributed by atoms with Crippen molar-refractivity contribution in [1.29, 1.82) is 0 Å². The monoisotopic (exact) mass is 341 g/mol. The lowest BCUT2D eigenvalue weighted by atomic mass is 10.2. The van der Waals surface area contributed by atoms with Crippen LogP contribution in [0.15, 0.2) is 42.9 Å². The number of carbonyl (C=O) groups is 1. The van der Waals surface area contributed by atoms with Crippen LogP contribution in [0.4, 0.5) is 4.39 Å². The minimum absolute atomic E-state index is 0.0603. The Morgan fingerprint density at radius 3 is 2.88 bits per heavy atom. The van der Waals surface area contributed by atoms with Crippen LogP contribution in [0.3, 0.4) is 0 Å². The molecule has 0 unspecified atom stereocenters. The van der Waals surface area contributed by atoms with Gasteiger partial charge >= 0.3 is 0 Å². The second-order valence-corrected chi connectivity index (χ2v) is 5.92. The van der Waals surface area contributed by atoms with Crippen LogP contribution in [0.1, 0.15) is 23.3 Å². The Balaban J connectivity index is 1.51. The van der Waals surface area contributed by atoms with Gasteiger partial charge in [0.25, 0.3) is 5.91 Å². The summed E-state index contributed by atoms with van der Waals surface area (Å²) < 4.78 is 14.7. The number of nitrogens with zero attached hydrogens (tertiary/aromatic N) is 7. The summed E-state index contributed by atoms with van der Waals surface area (Å²) in [5.41, 5.74) is 0.871. The molecule has 0 saturated carbocycles. The van der Waals surface area contributed by atoms with Crippen LogP contribution in [0, 0.1) is 5.82 Å². The lowest BCUT2D eigenvalue weighted by Gasteiger charge is -2.23. The topological polar surface area (TPSA) is 81.7 Å². The number of aromatic nitrogens is 6. The summed E-state index contributed by atoms with van der Waals surface area (Å²) >= 11 is 0. The van der Waals surface area contributed by atoms with Gasteiger partial charge in [-0.25, -0.2) is 4.39 Å². The zero-order valence-corrected chi connectivity index (χ0v) is 13.4. The fraction of sp³-hybridized carbons (Fsp3) is 0.312. The molecule has 1 aromatic carbocycles. The van der Waals surface area contributed by atoms with Crippen molar-refractivity contribution in [3.8, 4) is 5.69 Å². The van der Waals surface area contributed by atoms with Gasteiger partial charge < -0.3 is 4.90 Å². The van der Waals surface area contributed by atoms with Crippen LogP contribution in [-0.4, -0.2) is 53.4 Å². The van der Waals surface area contributed by atoms with Crippen molar-refractivity contribution < 1.29 is 9.18 Å². The van der Waals surface area contributed by atoms with Crippen molar-refractivity contribution in [3.63, 3.8) is 0 Å². The van der Waals surface area contributed by atoms with Crippen molar-refractivity contribution in [1.82, 2.24) is 34.9 Å². The highest BCUT2D eigenvalue weighted by Crippen LogP contribution is 2.21. The normalized spacial score (nSPS) is 17.2. The molecule has 128 valence electrons. The first-order valence-electron chi connectivity index (χ1n) is 8.04. The third kappa shape index (κ3) is 3.12. The van der Waals surface area contributed by atoms with E-state index in [1.54, 1.807) is 34.1 Å². The molecular weight excluding hydrogens is 325 g/mol. The van der Waals surface area contributed by atoms with Gasteiger partial charge in [-0.05, 0) is 37.1 Å². The average molecular weight is 341 g/mol. The van der Waals surface area contributed by atoms with Gasteiger partial charge in [-0.3, -0.25) is 9.48 Å². The quantitative estimate of drug-likeness (QED) is 0.714. The van der Waals surface area contributed by atoms with E-state index in [-0.39, 0.29) is 23.5 Å². The highest BCUT2D eigenvalue weighted by molar-refractivity contribution is 5.92. The lowest BCUT2D eigenvalue weighted by Crippen LogP contribution is -2.38. The van der Waals surface area contributed by atoms with E-state index in [1.807, 2.05) is 0 Å². The van der Waals surface area contributed by atoms with E-state index < -0.39 is 0 Å². The maximum Gasteiger partial charge on any atom is 0.276 e. The first-order valence-corrected chi connectivity index (χ1v) is 8.04. The van der Waals surface area contributed by atoms with E-state index in [0.29, 0.717) is 18.8 Å². The summed E-state index contributed by atoms with van der Waals surface area (Å²) in [5, 5.41) is 16.1. The van der Waals surface area contributed by atoms with Crippen LogP contribution < -0.4 is 0 Å². The summed E-state index contributed by atoms with van der Waals surface area (Å²) in [5.74, 6) is -0.490. The number of hydrogen-bond donors (Lipinski definition) is 0. The molecule has 9 heteroatoms. The third-order valence-electron chi connectivity index (χ3n) is 4.28. The third-order valence-corrected chi connectivity index (χ3v) is 4.28. The molecule has 4 rings (SSSR count). The Hall–Kier alpha value is -3.10. The van der Waals surface area contributed by atoms with E-state index in [9.17, 15) is 9.18 Å². The molecule has 25 heavy (non-hydrogen) atoms. The zero-order valence-electron chi connectivity index (χ0n) is 13.4. The Morgan fingerprint density at radius 1 is 1.28 bits per heavy atom. The molecule has 1 aliphatic heterocycles. The number of amides is 1. The lowest BCUT2D eigenvalue weighted by molar-refractivity contribution is 0.0714. The largest absolute Gasteiger partial charge is 0.332 e. The van der Waals surface area contributed by atoms with Gasteiger partial charge in [0.05, 0.1) is 30.7 Å². The molecular formula is C16H16FN7O. The smallest absolute Gasteiger partial charge is 0.276 e. The molecule has 1 fully saturated rings. The fourth-order valence-corrected chi connectivity index (χ4v) is 3.05. The van der Waals surface area contributed by atoms with Crippen LogP contribution >= 0.6 is 0 Å². The molecule has 8 nitrogen and oxygen atoms in total. The molecule has 0 bridgehead atoms. The average Bonchev–Trinajstić information content (AvgIpc) is 3.37. The predicted molar refractivity (Wildman–Crippen MR) is 85.4 cm³/mol. The molecule has 2 aromatic heterocycles. The number of rotatable bonds is 4. The Labute approximate surface area is 142 Å². The van der Waals surface area contributed by atoms with E-state index >= 15 is 0 Å². The SMILES string of the molecule is O=C(c1cnn(-c2ccc(F)cc2)n1)N1CCC[C@H]1Cn1ccnn1. The maximum absolute atomic E-state index is 13.0. The van der Waals surface area contributed by atoms with Crippen molar-refractivity contribution in [3.05, 3.63) is 54.4 Å². The Kier molecular flexibility index (Phi) is 3.96. The van der Waals surface area contributed by atoms with Gasteiger partial charge in [0, 0.05) is 12.7 Å². The molecule has 1 saturated heterocycles. The summed E-state index contributed by atoms with van der Waals surface area (Å²) in [4.78, 5) is 15.9. The molecule has 0 N–H and O–H groups in total. The molecule has 0 radical (unpaired) electrons. The molecule has 1 amide bonds. The minimum atomic E-state index is -0.333. The molecule has 0 spiro atoms. The van der Waals surface area contributed by atoms with Crippen LogP contribution in [0.2, 0.25) is 0 Å². The molecule has 3 heterocycles. The van der Waals surface area contributed by atoms with Crippen molar-refractivity contribution in [2.45, 2.75) is 25.4 Å². The molecule has 0 aliphatic carbocycles. The fourth-order valence-electron chi connectivity index (χ4n) is 3.05. The van der Waals surface area contributed by atoms with Gasteiger partial charge in [0.1, 0.15) is 5.82 Å². The second-order valence-electron chi connectivity index (χ2n) is 5.92. The van der Waals surface area contributed by atoms with Gasteiger partial charge in [0.2, 0.25) is 0 Å². The number of hydrogen-bond acceptors (Lipinski definition) is 5. The Morgan fingerprint density at radius 2 is 2.12 bits per heavy atom. The predicted octanol–water partition coefficient (Wildman–Crippen LogP) is 1.30. The van der Waals surface area contributed by atoms with E-state index in [1.165, 1.54) is 23.1 Å². The standard InChI is InChI=1S/C16H16FN7O/c17-12-3-5-13(6-4-12)24-19-10-15(20-24)16(25)23-8-1-2-14(23)11-22-9-7-18-21-22/h3-7,9-10,14H,1-2,8,11H2/t14-/m0/s1. The highest BCUT2D eigenvalue weighted by atomic mass is 19.1. The highest BCUT2D eigenvalue weighted by Gasteiger charge is 2.31.